The molecular weight excluding hydrogens is 300 g/mol. The van der Waals surface area contributed by atoms with Crippen molar-refractivity contribution in [1.82, 2.24) is 0 Å². The summed E-state index contributed by atoms with van der Waals surface area (Å²) in [6.07, 6.45) is 2.05. The van der Waals surface area contributed by atoms with Crippen LogP contribution in [-0.4, -0.2) is 38.3 Å². The van der Waals surface area contributed by atoms with E-state index in [2.05, 4.69) is 39.3 Å². The van der Waals surface area contributed by atoms with Crippen molar-refractivity contribution in [2.75, 3.05) is 13.1 Å². The highest BCUT2D eigenvalue weighted by molar-refractivity contribution is 6.90. The molecule has 0 saturated carbocycles. The van der Waals surface area contributed by atoms with Crippen molar-refractivity contribution in [2.24, 2.45) is 11.5 Å². The van der Waals surface area contributed by atoms with Gasteiger partial charge in [0, 0.05) is 0 Å². The van der Waals surface area contributed by atoms with Crippen LogP contribution in [0.1, 0.15) is 12.8 Å². The average molecular weight is 335 g/mol. The zero-order valence-corrected chi connectivity index (χ0v) is 17.0. The lowest BCUT2D eigenvalue weighted by molar-refractivity contribution is 0.394. The second kappa shape index (κ2) is 8.62. The molecule has 7 heteroatoms. The van der Waals surface area contributed by atoms with Gasteiger partial charge in [0.25, 0.3) is 0 Å². The Bertz CT molecular complexity index is 277. The standard InChI is InChI=1S/C13H34N2O2Si3/c1-7-20(6,16-18(2,3)12-8-10-14)17-19(4,5)13-9-11-15/h7H,1,8-15H2,2-6H3. The van der Waals surface area contributed by atoms with Gasteiger partial charge in [0.1, 0.15) is 0 Å². The molecule has 0 aliphatic rings. The predicted octanol–water partition coefficient (Wildman–Crippen LogP) is 2.92. The van der Waals surface area contributed by atoms with Gasteiger partial charge in [0.05, 0.1) is 0 Å². The van der Waals surface area contributed by atoms with E-state index in [1.54, 1.807) is 0 Å². The van der Waals surface area contributed by atoms with Gasteiger partial charge in [0.15, 0.2) is 16.6 Å². The molecule has 120 valence electrons. The van der Waals surface area contributed by atoms with Crippen LogP contribution in [0.5, 0.6) is 0 Å². The molecule has 20 heavy (non-hydrogen) atoms. The largest absolute Gasteiger partial charge is 0.433 e. The van der Waals surface area contributed by atoms with E-state index >= 15 is 0 Å². The average Bonchev–Trinajstić information content (AvgIpc) is 2.32. The maximum absolute atomic E-state index is 6.48. The Hall–Kier alpha value is 0.231. The van der Waals surface area contributed by atoms with Gasteiger partial charge < -0.3 is 19.7 Å². The molecule has 0 aromatic rings. The lowest BCUT2D eigenvalue weighted by atomic mass is 10.5. The van der Waals surface area contributed by atoms with Crippen molar-refractivity contribution in [3.05, 3.63) is 12.3 Å². The molecule has 0 radical (unpaired) electrons. The van der Waals surface area contributed by atoms with Crippen LogP contribution in [0.4, 0.5) is 0 Å². The van der Waals surface area contributed by atoms with Gasteiger partial charge in [0.2, 0.25) is 0 Å². The summed E-state index contributed by atoms with van der Waals surface area (Å²) in [6.45, 7) is 16.5. The number of nitrogens with two attached hydrogens (primary N) is 2. The quantitative estimate of drug-likeness (QED) is 0.570. The first kappa shape index (κ1) is 20.2. The minimum atomic E-state index is -2.29. The van der Waals surface area contributed by atoms with Crippen LogP contribution in [0.25, 0.3) is 0 Å². The topological polar surface area (TPSA) is 70.5 Å². The third-order valence-electron chi connectivity index (χ3n) is 3.29. The van der Waals surface area contributed by atoms with Crippen molar-refractivity contribution in [3.8, 4) is 0 Å². The van der Waals surface area contributed by atoms with E-state index in [9.17, 15) is 0 Å². The summed E-state index contributed by atoms with van der Waals surface area (Å²) in [7, 11) is -5.75. The van der Waals surface area contributed by atoms with Gasteiger partial charge in [-0.1, -0.05) is 5.70 Å². The van der Waals surface area contributed by atoms with Crippen molar-refractivity contribution in [3.63, 3.8) is 0 Å². The molecule has 0 fully saturated rings. The zero-order valence-electron chi connectivity index (χ0n) is 14.0. The second-order valence-corrected chi connectivity index (χ2v) is 18.8. The van der Waals surface area contributed by atoms with Crippen LogP contribution in [0.15, 0.2) is 12.3 Å². The Morgan fingerprint density at radius 1 is 0.850 bits per heavy atom. The van der Waals surface area contributed by atoms with Gasteiger partial charge in [-0.2, -0.15) is 0 Å². The van der Waals surface area contributed by atoms with Crippen LogP contribution in [0.2, 0.25) is 44.8 Å². The van der Waals surface area contributed by atoms with E-state index in [-0.39, 0.29) is 0 Å². The van der Waals surface area contributed by atoms with Crippen LogP contribution >= 0.6 is 0 Å². The number of rotatable bonds is 11. The van der Waals surface area contributed by atoms with E-state index in [0.717, 1.165) is 38.0 Å². The predicted molar refractivity (Wildman–Crippen MR) is 95.9 cm³/mol. The Morgan fingerprint density at radius 2 is 1.20 bits per heavy atom. The van der Waals surface area contributed by atoms with Crippen molar-refractivity contribution >= 4 is 25.2 Å². The van der Waals surface area contributed by atoms with Crippen LogP contribution in [-0.2, 0) is 8.23 Å². The van der Waals surface area contributed by atoms with Gasteiger partial charge in [-0.05, 0) is 70.8 Å². The summed E-state index contributed by atoms with van der Waals surface area (Å²) in [5.74, 6) is 0. The maximum Gasteiger partial charge on any atom is 0.340 e. The van der Waals surface area contributed by atoms with E-state index in [1.165, 1.54) is 0 Å². The SMILES string of the molecule is C=C[Si](C)(O[Si](C)(C)CCCN)O[Si](C)(C)CCCN. The summed E-state index contributed by atoms with van der Waals surface area (Å²) in [6, 6.07) is 2.15. The third-order valence-corrected chi connectivity index (χ3v) is 14.8. The lowest BCUT2D eigenvalue weighted by Crippen LogP contribution is -2.53. The molecule has 0 aliphatic carbocycles. The molecule has 0 atom stereocenters. The van der Waals surface area contributed by atoms with E-state index in [0.29, 0.717) is 0 Å². The monoisotopic (exact) mass is 334 g/mol. The smallest absolute Gasteiger partial charge is 0.340 e. The molecule has 0 bridgehead atoms. The molecular formula is C13H34N2O2Si3. The molecule has 0 rings (SSSR count). The van der Waals surface area contributed by atoms with Gasteiger partial charge >= 0.3 is 8.56 Å². The van der Waals surface area contributed by atoms with Crippen molar-refractivity contribution in [2.45, 2.75) is 57.7 Å². The van der Waals surface area contributed by atoms with Crippen LogP contribution in [0, 0.1) is 0 Å². The number of hydrogen-bond donors (Lipinski definition) is 2. The highest BCUT2D eigenvalue weighted by Crippen LogP contribution is 2.26. The Balaban J connectivity index is 4.71. The Morgan fingerprint density at radius 3 is 1.45 bits per heavy atom. The molecule has 0 aliphatic heterocycles. The summed E-state index contributed by atoms with van der Waals surface area (Å²) in [5, 5.41) is 0. The van der Waals surface area contributed by atoms with Crippen molar-refractivity contribution in [1.29, 1.82) is 0 Å². The fourth-order valence-corrected chi connectivity index (χ4v) is 15.3. The molecule has 4 N–H and O–H groups in total. The Labute approximate surface area is 128 Å². The van der Waals surface area contributed by atoms with Crippen molar-refractivity contribution < 1.29 is 8.23 Å². The van der Waals surface area contributed by atoms with E-state index < -0.39 is 25.2 Å². The first-order valence-corrected chi connectivity index (χ1v) is 16.2. The van der Waals surface area contributed by atoms with Crippen LogP contribution in [0.3, 0.4) is 0 Å². The molecule has 0 saturated heterocycles. The summed E-state index contributed by atoms with van der Waals surface area (Å²) in [5.41, 5.74) is 13.2. The Kier molecular flexibility index (Phi) is 8.72. The summed E-state index contributed by atoms with van der Waals surface area (Å²) < 4.78 is 13.0. The normalized spacial score (nSPS) is 13.6. The number of hydrogen-bond acceptors (Lipinski definition) is 4. The molecule has 0 amide bonds. The van der Waals surface area contributed by atoms with Gasteiger partial charge in [-0.3, -0.25) is 0 Å². The highest BCUT2D eigenvalue weighted by atomic mass is 28.5. The van der Waals surface area contributed by atoms with Gasteiger partial charge in [-0.25, -0.2) is 0 Å². The summed E-state index contributed by atoms with van der Waals surface area (Å²) >= 11 is 0. The highest BCUT2D eigenvalue weighted by Gasteiger charge is 2.40. The molecule has 4 nitrogen and oxygen atoms in total. The molecule has 0 aromatic carbocycles. The second-order valence-electron chi connectivity index (χ2n) is 6.73. The zero-order chi connectivity index (χ0) is 15.9. The van der Waals surface area contributed by atoms with Gasteiger partial charge in [-0.15, -0.1) is 6.58 Å². The first-order valence-electron chi connectivity index (χ1n) is 7.54. The maximum atomic E-state index is 6.48. The van der Waals surface area contributed by atoms with E-state index in [1.807, 2.05) is 5.70 Å². The minimum Gasteiger partial charge on any atom is -0.433 e. The fraction of sp³-hybridized carbons (Fsp3) is 0.846. The van der Waals surface area contributed by atoms with E-state index in [4.69, 9.17) is 19.7 Å². The third kappa shape index (κ3) is 8.50. The summed E-state index contributed by atoms with van der Waals surface area (Å²) in [4.78, 5) is 0. The fourth-order valence-electron chi connectivity index (χ4n) is 2.36. The van der Waals surface area contributed by atoms with Crippen LogP contribution < -0.4 is 11.5 Å². The minimum absolute atomic E-state index is 0.726. The molecule has 0 unspecified atom stereocenters. The molecule has 0 spiro atoms. The molecule has 0 aromatic heterocycles. The lowest BCUT2D eigenvalue weighted by Gasteiger charge is -2.39. The molecule has 0 heterocycles. The first-order chi connectivity index (χ1) is 9.10.